The van der Waals surface area contributed by atoms with Crippen LogP contribution in [0.2, 0.25) is 0 Å². The molecule has 1 aliphatic rings. The van der Waals surface area contributed by atoms with Gasteiger partial charge in [0, 0.05) is 23.0 Å². The summed E-state index contributed by atoms with van der Waals surface area (Å²) >= 11 is 15.9. The molecule has 1 saturated heterocycles. The molecule has 32 heavy (non-hydrogen) atoms. The van der Waals surface area contributed by atoms with Gasteiger partial charge in [0.25, 0.3) is 0 Å². The second-order valence-corrected chi connectivity index (χ2v) is 8.44. The van der Waals surface area contributed by atoms with Gasteiger partial charge < -0.3 is 23.7 Å². The normalized spacial score (nSPS) is 12.1. The molecule has 0 aromatic carbocycles. The average molecular weight is 533 g/mol. The van der Waals surface area contributed by atoms with Crippen LogP contribution in [0.15, 0.2) is 0 Å². The fraction of sp³-hybridized carbons (Fsp3) is 0.789. The third-order valence-electron chi connectivity index (χ3n) is 3.63. The molecule has 1 aliphatic heterocycles. The molecule has 1 heterocycles. The van der Waals surface area contributed by atoms with Crippen LogP contribution in [0.3, 0.4) is 0 Å². The molecule has 0 atom stereocenters. The van der Waals surface area contributed by atoms with Crippen LogP contribution in [0.25, 0.3) is 0 Å². The summed E-state index contributed by atoms with van der Waals surface area (Å²) in [6.45, 7) is 0.873. The van der Waals surface area contributed by atoms with Crippen LogP contribution >= 0.6 is 50.5 Å². The number of rotatable bonds is 16. The molecule has 1 fully saturated rings. The van der Waals surface area contributed by atoms with Gasteiger partial charge in [-0.1, -0.05) is 0 Å². The van der Waals surface area contributed by atoms with Crippen molar-refractivity contribution in [3.05, 3.63) is 0 Å². The van der Waals surface area contributed by atoms with Crippen LogP contribution in [0.1, 0.15) is 25.7 Å². The van der Waals surface area contributed by atoms with Crippen molar-refractivity contribution in [2.24, 2.45) is 5.41 Å². The van der Waals surface area contributed by atoms with Gasteiger partial charge in [-0.2, -0.15) is 50.5 Å². The van der Waals surface area contributed by atoms with Gasteiger partial charge in [0.2, 0.25) is 0 Å². The molecule has 1 rings (SSSR count). The standard InChI is InChI=1S/C17H28O8S4.C2H4O/c18-13(1-5-26)22-9-17(10-23-14(19)2-6-27,11-24-15(20)3-7-28)12-25-16(21)4-8-29;1-2-3-1/h26-29H,1-12H2;1-2H2. The number of carbonyl (C=O) groups excluding carboxylic acids is 4. The Labute approximate surface area is 210 Å². The quantitative estimate of drug-likeness (QED) is 0.101. The maximum atomic E-state index is 11.8. The topological polar surface area (TPSA) is 118 Å². The SMILES string of the molecule is C1CO1.O=C(CCS)OCC(COC(=O)CCS)(COC(=O)CCS)COC(=O)CCS. The molecule has 0 aliphatic carbocycles. The predicted molar refractivity (Wildman–Crippen MR) is 131 cm³/mol. The smallest absolute Gasteiger partial charge is 0.306 e. The third kappa shape index (κ3) is 17.8. The minimum atomic E-state index is -1.25. The van der Waals surface area contributed by atoms with Crippen molar-refractivity contribution in [2.75, 3.05) is 62.7 Å². The summed E-state index contributed by atoms with van der Waals surface area (Å²) in [5.74, 6) is -0.978. The summed E-state index contributed by atoms with van der Waals surface area (Å²) in [6, 6.07) is 0. The number of thiol groups is 4. The number of carbonyl (C=O) groups is 4. The summed E-state index contributed by atoms with van der Waals surface area (Å²) in [5, 5.41) is 0. The molecular weight excluding hydrogens is 500 g/mol. The van der Waals surface area contributed by atoms with Crippen LogP contribution in [0.5, 0.6) is 0 Å². The van der Waals surface area contributed by atoms with Gasteiger partial charge in [-0.3, -0.25) is 19.2 Å². The summed E-state index contributed by atoms with van der Waals surface area (Å²) in [6.07, 6.45) is 0.268. The number of ether oxygens (including phenoxy) is 5. The molecule has 0 aromatic heterocycles. The van der Waals surface area contributed by atoms with Crippen LogP contribution in [0.4, 0.5) is 0 Å². The molecule has 0 aromatic rings. The minimum absolute atomic E-state index is 0.0670. The summed E-state index contributed by atoms with van der Waals surface area (Å²) in [5.41, 5.74) is -1.25. The van der Waals surface area contributed by atoms with E-state index in [2.05, 4.69) is 55.3 Å². The van der Waals surface area contributed by atoms with Crippen molar-refractivity contribution in [3.63, 3.8) is 0 Å². The zero-order chi connectivity index (χ0) is 24.2. The van der Waals surface area contributed by atoms with E-state index in [4.69, 9.17) is 18.9 Å². The van der Waals surface area contributed by atoms with Crippen molar-refractivity contribution < 1.29 is 42.9 Å². The lowest BCUT2D eigenvalue weighted by atomic mass is 9.92. The van der Waals surface area contributed by atoms with Gasteiger partial charge in [0.15, 0.2) is 0 Å². The molecule has 0 bridgehead atoms. The zero-order valence-corrected chi connectivity index (χ0v) is 21.4. The largest absolute Gasteiger partial charge is 0.465 e. The maximum Gasteiger partial charge on any atom is 0.306 e. The highest BCUT2D eigenvalue weighted by Crippen LogP contribution is 2.22. The summed E-state index contributed by atoms with van der Waals surface area (Å²) < 4.78 is 25.4. The Bertz CT molecular complexity index is 477. The number of hydrogen-bond donors (Lipinski definition) is 4. The molecule has 0 radical (unpaired) electrons. The highest BCUT2D eigenvalue weighted by atomic mass is 32.1. The Morgan fingerprint density at radius 3 is 0.938 bits per heavy atom. The first-order chi connectivity index (χ1) is 15.3. The van der Waals surface area contributed by atoms with E-state index in [9.17, 15) is 19.2 Å². The van der Waals surface area contributed by atoms with E-state index in [1.807, 2.05) is 0 Å². The first kappa shape index (κ1) is 31.2. The Hall–Kier alpha value is -0.760. The van der Waals surface area contributed by atoms with E-state index in [-0.39, 0.29) is 75.1 Å². The molecule has 9 nitrogen and oxygen atoms in total. The Balaban J connectivity index is 0.00000293. The van der Waals surface area contributed by atoms with Gasteiger partial charge in [-0.05, 0) is 0 Å². The summed E-state index contributed by atoms with van der Waals surface area (Å²) in [7, 11) is 0. The Morgan fingerprint density at radius 2 is 0.781 bits per heavy atom. The van der Waals surface area contributed by atoms with Crippen molar-refractivity contribution in [1.82, 2.24) is 0 Å². The lowest BCUT2D eigenvalue weighted by Crippen LogP contribution is -2.44. The van der Waals surface area contributed by atoms with Crippen LogP contribution in [-0.4, -0.2) is 86.5 Å². The van der Waals surface area contributed by atoms with E-state index in [0.29, 0.717) is 0 Å². The lowest BCUT2D eigenvalue weighted by Gasteiger charge is -2.31. The Kier molecular flexibility index (Phi) is 19.2. The highest BCUT2D eigenvalue weighted by Gasteiger charge is 2.37. The van der Waals surface area contributed by atoms with Crippen molar-refractivity contribution in [2.45, 2.75) is 25.7 Å². The fourth-order valence-corrected chi connectivity index (χ4v) is 2.57. The second kappa shape index (κ2) is 19.7. The number of esters is 4. The first-order valence-corrected chi connectivity index (χ1v) is 12.5. The van der Waals surface area contributed by atoms with Crippen LogP contribution < -0.4 is 0 Å². The van der Waals surface area contributed by atoms with Crippen molar-refractivity contribution >= 4 is 74.4 Å². The predicted octanol–water partition coefficient (Wildman–Crippen LogP) is 1.44. The van der Waals surface area contributed by atoms with E-state index in [1.165, 1.54) is 0 Å². The van der Waals surface area contributed by atoms with Gasteiger partial charge in [-0.15, -0.1) is 0 Å². The molecule has 0 saturated carbocycles. The fourth-order valence-electron chi connectivity index (χ4n) is 1.84. The van der Waals surface area contributed by atoms with Gasteiger partial charge >= 0.3 is 23.9 Å². The lowest BCUT2D eigenvalue weighted by molar-refractivity contribution is -0.170. The van der Waals surface area contributed by atoms with Gasteiger partial charge in [0.05, 0.1) is 38.9 Å². The third-order valence-corrected chi connectivity index (χ3v) is 4.52. The average Bonchev–Trinajstić information content (AvgIpc) is 3.63. The second-order valence-electron chi connectivity index (χ2n) is 6.65. The molecule has 13 heteroatoms. The first-order valence-electron chi connectivity index (χ1n) is 9.96. The van der Waals surface area contributed by atoms with Crippen LogP contribution in [0, 0.1) is 5.41 Å². The molecule has 0 N–H and O–H groups in total. The van der Waals surface area contributed by atoms with Gasteiger partial charge in [-0.25, -0.2) is 0 Å². The van der Waals surface area contributed by atoms with E-state index < -0.39 is 29.3 Å². The number of hydrogen-bond acceptors (Lipinski definition) is 13. The highest BCUT2D eigenvalue weighted by molar-refractivity contribution is 7.80. The molecular formula is C19H32O9S4. The molecule has 0 unspecified atom stereocenters. The minimum Gasteiger partial charge on any atom is -0.465 e. The maximum absolute atomic E-state index is 11.8. The summed E-state index contributed by atoms with van der Waals surface area (Å²) in [4.78, 5) is 47.1. The van der Waals surface area contributed by atoms with E-state index >= 15 is 0 Å². The Morgan fingerprint density at radius 1 is 0.562 bits per heavy atom. The number of epoxide rings is 1. The zero-order valence-electron chi connectivity index (χ0n) is 17.9. The van der Waals surface area contributed by atoms with Gasteiger partial charge in [0.1, 0.15) is 31.8 Å². The van der Waals surface area contributed by atoms with Crippen molar-refractivity contribution in [1.29, 1.82) is 0 Å². The van der Waals surface area contributed by atoms with E-state index in [1.54, 1.807) is 0 Å². The van der Waals surface area contributed by atoms with Crippen LogP contribution in [-0.2, 0) is 42.9 Å². The van der Waals surface area contributed by atoms with Crippen molar-refractivity contribution in [3.8, 4) is 0 Å². The molecule has 186 valence electrons. The monoisotopic (exact) mass is 532 g/mol. The molecule has 0 amide bonds. The molecule has 0 spiro atoms. The van der Waals surface area contributed by atoms with E-state index in [0.717, 1.165) is 13.2 Å².